The zero-order valence-electron chi connectivity index (χ0n) is 51.7. The van der Waals surface area contributed by atoms with Gasteiger partial charge in [-0.3, -0.25) is 0 Å². The first-order valence-corrected chi connectivity index (χ1v) is 14.7. The second-order valence-corrected chi connectivity index (χ2v) is 10.8. The van der Waals surface area contributed by atoms with Crippen molar-refractivity contribution < 1.29 is 37.0 Å². The van der Waals surface area contributed by atoms with Gasteiger partial charge >= 0.3 is 0 Å². The Morgan fingerprint density at radius 3 is 1.64 bits per heavy atom. The molecule has 0 aliphatic carbocycles. The number of nitrogens with zero attached hydrogens (tertiary/aromatic N) is 5. The molecule has 0 atom stereocenters. The Morgan fingerprint density at radius 2 is 0.880 bits per heavy atom. The molecule has 0 saturated heterocycles. The molecule has 0 unspecified atom stereocenters. The molecule has 0 bridgehead atoms. The van der Waals surface area contributed by atoms with Gasteiger partial charge in [0, 0.05) is 43.6 Å². The van der Waals surface area contributed by atoms with E-state index in [1.165, 1.54) is 0 Å². The van der Waals surface area contributed by atoms with E-state index in [1.54, 1.807) is 0 Å². The first-order valence-electron chi connectivity index (χ1n) is 28.2. The highest BCUT2D eigenvalue weighted by Crippen LogP contribution is 2.44. The number of hydrogen-bond donors (Lipinski definition) is 0. The molecule has 4 heterocycles. The van der Waals surface area contributed by atoms with Crippen LogP contribution in [0.25, 0.3) is 99.8 Å². The fraction of sp³-hybridized carbons (Fsp3) is 0. The van der Waals surface area contributed by atoms with E-state index in [2.05, 4.69) is 15.0 Å². The number of aromatic nitrogens is 5. The van der Waals surface area contributed by atoms with Crippen molar-refractivity contribution in [2.75, 3.05) is 0 Å². The lowest BCUT2D eigenvalue weighted by atomic mass is 10.0. The quantitative estimate of drug-likeness (QED) is 0.188. The van der Waals surface area contributed by atoms with E-state index in [4.69, 9.17) is 23.3 Å². The Kier molecular flexibility index (Phi) is 2.46. The Hall–Kier alpha value is -6.85. The van der Waals surface area contributed by atoms with Gasteiger partial charge in [-0.15, -0.1) is 0 Å². The largest absolute Gasteiger partial charge is 0.308 e. The zero-order valence-corrected chi connectivity index (χ0v) is 24.7. The van der Waals surface area contributed by atoms with Crippen molar-refractivity contribution in [1.82, 2.24) is 23.9 Å². The third-order valence-corrected chi connectivity index (χ3v) is 8.27. The minimum absolute atomic E-state index is 0.340. The SMILES string of the molecule is [2H]c1c([2H])c([2H])c(-c2nc(-c3c([2H])c([2H])c([2H])c([2H])c3[2H])nc(-c3c([2H])c([2H])c([2H])c([2H])c3-n3c4c([2H])c([2H])c([2H])c5c6c([2H])c([2H])c([2H])c7c8c([2H])c([2H])c([2H])c([2H])c8n(c8c([2H])c([2H])c([2H])c3c8c54)c67)n2)c([2H])c1[2H]. The molecule has 0 aliphatic heterocycles. The standard InChI is InChI=1S/C45H27N5/c1-3-14-28(15-4-1)43-46-44(29-16-5-2-6-17-29)48-45(47-43)34-19-8-10-24-36(34)49-37-25-12-20-31-33-22-11-21-32-30-18-7-9-23-35(30)50(42(32)33)39-27-13-26-38(49)41(39)40(31)37/h1-27H/i1D,2D,3D,4D,5D,6D,7D,8D,9D,10D,11D,12D,13D,14D,15D,16D,17D,18D,19D,20D,21D,22D,23D,24D,25D,26D,27D. The summed E-state index contributed by atoms with van der Waals surface area (Å²) in [5.41, 5.74) is -5.75. The Labute approximate surface area is 324 Å². The predicted molar refractivity (Wildman–Crippen MR) is 205 cm³/mol. The number of fused-ring (bicyclic) bond motifs is 5. The van der Waals surface area contributed by atoms with Crippen molar-refractivity contribution in [3.8, 4) is 39.9 Å². The molecule has 232 valence electrons. The molecule has 0 aliphatic rings. The third kappa shape index (κ3) is 3.74. The van der Waals surface area contributed by atoms with Crippen LogP contribution in [0.3, 0.4) is 0 Å². The molecule has 0 N–H and O–H groups in total. The molecule has 5 nitrogen and oxygen atoms in total. The number of hydrogen-bond acceptors (Lipinski definition) is 3. The summed E-state index contributed by atoms with van der Waals surface area (Å²) >= 11 is 0. The summed E-state index contributed by atoms with van der Waals surface area (Å²) in [6.45, 7) is 0. The predicted octanol–water partition coefficient (Wildman–Crippen LogP) is 11.1. The number of rotatable bonds is 4. The normalized spacial score (nSPS) is 19.6. The van der Waals surface area contributed by atoms with Gasteiger partial charge in [0.05, 0.1) is 70.3 Å². The Bertz CT molecular complexity index is 4520. The third-order valence-electron chi connectivity index (χ3n) is 8.27. The summed E-state index contributed by atoms with van der Waals surface area (Å²) in [5.74, 6) is -2.64. The van der Waals surface area contributed by atoms with Gasteiger partial charge in [-0.2, -0.15) is 0 Å². The van der Waals surface area contributed by atoms with E-state index < -0.39 is 247 Å². The first kappa shape index (κ1) is 11.9. The molecule has 4 aromatic heterocycles. The molecule has 50 heavy (non-hydrogen) atoms. The lowest BCUT2D eigenvalue weighted by Crippen LogP contribution is -2.03. The lowest BCUT2D eigenvalue weighted by Gasteiger charge is -2.15. The molecule has 0 radical (unpaired) electrons. The first-order chi connectivity index (χ1) is 36.0. The van der Waals surface area contributed by atoms with Crippen LogP contribution < -0.4 is 0 Å². The van der Waals surface area contributed by atoms with Crippen LogP contribution in [-0.4, -0.2) is 23.9 Å². The summed E-state index contributed by atoms with van der Waals surface area (Å²) < 4.78 is 245. The van der Waals surface area contributed by atoms with Crippen molar-refractivity contribution in [1.29, 1.82) is 0 Å². The van der Waals surface area contributed by atoms with Crippen LogP contribution in [0.15, 0.2) is 163 Å². The molecular formula is C45H27N5. The Balaban J connectivity index is 1.46. The van der Waals surface area contributed by atoms with Gasteiger partial charge in [-0.25, -0.2) is 15.0 Å². The number of benzene rings is 7. The molecule has 7 aromatic carbocycles. The minimum Gasteiger partial charge on any atom is -0.308 e. The van der Waals surface area contributed by atoms with E-state index >= 15 is 0 Å². The van der Waals surface area contributed by atoms with E-state index in [1.807, 2.05) is 0 Å². The van der Waals surface area contributed by atoms with Crippen molar-refractivity contribution in [2.24, 2.45) is 0 Å². The second kappa shape index (κ2) is 10.3. The summed E-state index contributed by atoms with van der Waals surface area (Å²) in [6.07, 6.45) is 0. The average Bonchev–Trinajstić information content (AvgIpc) is 4.14. The fourth-order valence-corrected chi connectivity index (χ4v) is 6.33. The van der Waals surface area contributed by atoms with E-state index in [0.717, 1.165) is 8.97 Å². The molecule has 0 amide bonds. The van der Waals surface area contributed by atoms with Gasteiger partial charge in [-0.1, -0.05) is 127 Å². The molecule has 11 aromatic rings. The highest BCUT2D eigenvalue weighted by Gasteiger charge is 2.23. The van der Waals surface area contributed by atoms with Crippen LogP contribution >= 0.6 is 0 Å². The summed E-state index contributed by atoms with van der Waals surface area (Å²) in [6, 6.07) is -24.0. The van der Waals surface area contributed by atoms with Crippen molar-refractivity contribution in [3.05, 3.63) is 163 Å². The number of para-hydroxylation sites is 3. The molecule has 0 saturated carbocycles. The summed E-state index contributed by atoms with van der Waals surface area (Å²) in [4.78, 5) is 13.1. The van der Waals surface area contributed by atoms with Crippen molar-refractivity contribution in [2.45, 2.75) is 0 Å². The summed E-state index contributed by atoms with van der Waals surface area (Å²) in [5, 5.41) is -2.52. The van der Waals surface area contributed by atoms with Gasteiger partial charge in [0.1, 0.15) is 0 Å². The van der Waals surface area contributed by atoms with Gasteiger partial charge in [0.15, 0.2) is 17.5 Å². The van der Waals surface area contributed by atoms with Crippen molar-refractivity contribution >= 4 is 59.9 Å². The van der Waals surface area contributed by atoms with Gasteiger partial charge in [0.25, 0.3) is 0 Å². The van der Waals surface area contributed by atoms with Gasteiger partial charge < -0.3 is 8.97 Å². The average molecular weight is 665 g/mol. The maximum Gasteiger partial charge on any atom is 0.166 e. The molecular weight excluding hydrogens is 611 g/mol. The van der Waals surface area contributed by atoms with Crippen molar-refractivity contribution in [3.63, 3.8) is 0 Å². The van der Waals surface area contributed by atoms with E-state index in [0.29, 0.717) is 0 Å². The molecule has 5 heteroatoms. The maximum atomic E-state index is 9.66. The molecule has 11 rings (SSSR count). The van der Waals surface area contributed by atoms with Crippen LogP contribution in [0.1, 0.15) is 37.0 Å². The lowest BCUT2D eigenvalue weighted by molar-refractivity contribution is 1.06. The highest BCUT2D eigenvalue weighted by atomic mass is 15.1. The monoisotopic (exact) mass is 664 g/mol. The minimum atomic E-state index is -1.05. The zero-order chi connectivity index (χ0) is 56.3. The van der Waals surface area contributed by atoms with Crippen LogP contribution in [0.4, 0.5) is 0 Å². The topological polar surface area (TPSA) is 48.0 Å². The molecule has 0 fully saturated rings. The smallest absolute Gasteiger partial charge is 0.166 e. The fourth-order valence-electron chi connectivity index (χ4n) is 6.33. The maximum absolute atomic E-state index is 9.66. The van der Waals surface area contributed by atoms with E-state index in [9.17, 15) is 13.7 Å². The summed E-state index contributed by atoms with van der Waals surface area (Å²) in [7, 11) is 0. The van der Waals surface area contributed by atoms with Crippen LogP contribution in [0.5, 0.6) is 0 Å². The highest BCUT2D eigenvalue weighted by molar-refractivity contribution is 6.31. The van der Waals surface area contributed by atoms with Crippen LogP contribution in [0.2, 0.25) is 0 Å². The second-order valence-electron chi connectivity index (χ2n) is 10.8. The Morgan fingerprint density at radius 1 is 0.380 bits per heavy atom. The van der Waals surface area contributed by atoms with Crippen LogP contribution in [-0.2, 0) is 0 Å². The van der Waals surface area contributed by atoms with Gasteiger partial charge in [-0.05, 0) is 41.6 Å². The van der Waals surface area contributed by atoms with Crippen LogP contribution in [0, 0.1) is 0 Å². The van der Waals surface area contributed by atoms with Gasteiger partial charge in [0.2, 0.25) is 0 Å². The van der Waals surface area contributed by atoms with E-state index in [-0.39, 0.29) is 16.3 Å². The molecule has 0 spiro atoms.